The number of hydrogen-bond donors (Lipinski definition) is 1. The number of amides is 1. The molecule has 0 aliphatic rings. The summed E-state index contributed by atoms with van der Waals surface area (Å²) in [5.41, 5.74) is 1.86. The van der Waals surface area contributed by atoms with Crippen molar-refractivity contribution in [2.75, 3.05) is 0 Å². The van der Waals surface area contributed by atoms with E-state index in [0.29, 0.717) is 21.4 Å². The van der Waals surface area contributed by atoms with Crippen molar-refractivity contribution in [3.8, 4) is 5.69 Å². The van der Waals surface area contributed by atoms with Crippen molar-refractivity contribution in [2.24, 2.45) is 0 Å². The molecule has 26 heavy (non-hydrogen) atoms. The lowest BCUT2D eigenvalue weighted by atomic mass is 10.2. The van der Waals surface area contributed by atoms with Crippen molar-refractivity contribution in [3.05, 3.63) is 97.9 Å². The lowest BCUT2D eigenvalue weighted by molar-refractivity contribution is 0.0949. The van der Waals surface area contributed by atoms with Crippen LogP contribution in [0.1, 0.15) is 21.6 Å². The zero-order valence-corrected chi connectivity index (χ0v) is 15.5. The molecule has 0 saturated heterocycles. The van der Waals surface area contributed by atoms with E-state index in [0.717, 1.165) is 5.56 Å². The second kappa shape index (κ2) is 7.77. The maximum atomic E-state index is 12.8. The highest BCUT2D eigenvalue weighted by Crippen LogP contribution is 2.15. The van der Waals surface area contributed by atoms with Crippen molar-refractivity contribution < 1.29 is 4.79 Å². The Kier molecular flexibility index (Phi) is 5.45. The summed E-state index contributed by atoms with van der Waals surface area (Å²) in [6, 6.07) is 17.4. The summed E-state index contributed by atoms with van der Waals surface area (Å²) in [4.78, 5) is 25.3. The van der Waals surface area contributed by atoms with Gasteiger partial charge in [-0.25, -0.2) is 0 Å². The SMILES string of the molecule is Cc1ccc(C(=O)NCc2cccc(Cl)c2)c(=O)n1-c1cccc(Cl)c1. The zero-order chi connectivity index (χ0) is 18.7. The first-order chi connectivity index (χ1) is 12.5. The van der Waals surface area contributed by atoms with Gasteiger partial charge in [0.15, 0.2) is 0 Å². The van der Waals surface area contributed by atoms with Gasteiger partial charge in [-0.05, 0) is 55.0 Å². The summed E-state index contributed by atoms with van der Waals surface area (Å²) < 4.78 is 1.47. The van der Waals surface area contributed by atoms with E-state index in [2.05, 4.69) is 5.32 Å². The average molecular weight is 387 g/mol. The molecular weight excluding hydrogens is 371 g/mol. The number of nitrogens with one attached hydrogen (secondary N) is 1. The maximum absolute atomic E-state index is 12.8. The first-order valence-corrected chi connectivity index (χ1v) is 8.72. The number of aryl methyl sites for hydroxylation is 1. The van der Waals surface area contributed by atoms with E-state index in [1.807, 2.05) is 12.1 Å². The van der Waals surface area contributed by atoms with Crippen LogP contribution >= 0.6 is 23.2 Å². The van der Waals surface area contributed by atoms with E-state index in [-0.39, 0.29) is 12.1 Å². The number of hydrogen-bond acceptors (Lipinski definition) is 2. The van der Waals surface area contributed by atoms with Gasteiger partial charge in [-0.2, -0.15) is 0 Å². The lowest BCUT2D eigenvalue weighted by Crippen LogP contribution is -2.33. The minimum Gasteiger partial charge on any atom is -0.348 e. The number of halogens is 2. The van der Waals surface area contributed by atoms with Gasteiger partial charge in [-0.1, -0.05) is 41.4 Å². The molecule has 6 heteroatoms. The average Bonchev–Trinajstić information content (AvgIpc) is 2.60. The molecular formula is C20H16Cl2N2O2. The van der Waals surface area contributed by atoms with Crippen molar-refractivity contribution in [1.29, 1.82) is 0 Å². The quantitative estimate of drug-likeness (QED) is 0.722. The summed E-state index contributed by atoms with van der Waals surface area (Å²) >= 11 is 12.0. The normalized spacial score (nSPS) is 10.6. The standard InChI is InChI=1S/C20H16Cl2N2O2/c1-13-8-9-18(19(25)23-12-14-4-2-5-15(21)10-14)20(26)24(13)17-7-3-6-16(22)11-17/h2-11H,12H2,1H3,(H,23,25). The van der Waals surface area contributed by atoms with Crippen LogP contribution in [-0.2, 0) is 6.54 Å². The Balaban J connectivity index is 1.90. The first kappa shape index (κ1) is 18.2. The molecule has 0 aliphatic carbocycles. The number of benzene rings is 2. The third kappa shape index (κ3) is 3.98. The van der Waals surface area contributed by atoms with Crippen molar-refractivity contribution in [1.82, 2.24) is 9.88 Å². The Labute approximate surface area is 161 Å². The molecule has 0 unspecified atom stereocenters. The Morgan fingerprint density at radius 3 is 2.38 bits per heavy atom. The van der Waals surface area contributed by atoms with Gasteiger partial charge in [-0.3, -0.25) is 14.2 Å². The number of carbonyl (C=O) groups is 1. The summed E-state index contributed by atoms with van der Waals surface area (Å²) in [6.45, 7) is 2.08. The first-order valence-electron chi connectivity index (χ1n) is 7.97. The fourth-order valence-electron chi connectivity index (χ4n) is 2.66. The van der Waals surface area contributed by atoms with Gasteiger partial charge in [0.2, 0.25) is 0 Å². The molecule has 0 spiro atoms. The van der Waals surface area contributed by atoms with Crippen molar-refractivity contribution in [2.45, 2.75) is 13.5 Å². The van der Waals surface area contributed by atoms with Gasteiger partial charge < -0.3 is 5.32 Å². The molecule has 1 amide bonds. The molecule has 132 valence electrons. The molecule has 0 aliphatic heterocycles. The number of aromatic nitrogens is 1. The lowest BCUT2D eigenvalue weighted by Gasteiger charge is -2.12. The van der Waals surface area contributed by atoms with E-state index < -0.39 is 11.5 Å². The van der Waals surface area contributed by atoms with Crippen molar-refractivity contribution >= 4 is 29.1 Å². The molecule has 2 aromatic carbocycles. The largest absolute Gasteiger partial charge is 0.348 e. The molecule has 1 N–H and O–H groups in total. The van der Waals surface area contributed by atoms with Crippen LogP contribution in [0.3, 0.4) is 0 Å². The highest BCUT2D eigenvalue weighted by atomic mass is 35.5. The minimum atomic E-state index is -0.439. The van der Waals surface area contributed by atoms with Gasteiger partial charge in [0, 0.05) is 22.3 Å². The Hall–Kier alpha value is -2.56. The Morgan fingerprint density at radius 1 is 1.00 bits per heavy atom. The number of nitrogens with zero attached hydrogens (tertiary/aromatic N) is 1. The molecule has 0 bridgehead atoms. The van der Waals surface area contributed by atoms with Crippen LogP contribution in [0.25, 0.3) is 5.69 Å². The number of pyridine rings is 1. The monoisotopic (exact) mass is 386 g/mol. The smallest absolute Gasteiger partial charge is 0.268 e. The van der Waals surface area contributed by atoms with Crippen molar-refractivity contribution in [3.63, 3.8) is 0 Å². The van der Waals surface area contributed by atoms with Crippen LogP contribution in [0.5, 0.6) is 0 Å². The molecule has 0 atom stereocenters. The third-order valence-electron chi connectivity index (χ3n) is 3.93. The van der Waals surface area contributed by atoms with E-state index in [4.69, 9.17) is 23.2 Å². The van der Waals surface area contributed by atoms with E-state index in [1.165, 1.54) is 10.6 Å². The predicted molar refractivity (Wildman–Crippen MR) is 104 cm³/mol. The summed E-state index contributed by atoms with van der Waals surface area (Å²) in [5.74, 6) is -0.439. The highest BCUT2D eigenvalue weighted by Gasteiger charge is 2.15. The van der Waals surface area contributed by atoms with Crippen LogP contribution in [-0.4, -0.2) is 10.5 Å². The van der Waals surface area contributed by atoms with Gasteiger partial charge in [-0.15, -0.1) is 0 Å². The van der Waals surface area contributed by atoms with E-state index in [9.17, 15) is 9.59 Å². The summed E-state index contributed by atoms with van der Waals surface area (Å²) in [7, 11) is 0. The second-order valence-electron chi connectivity index (χ2n) is 5.82. The van der Waals surface area contributed by atoms with Gasteiger partial charge in [0.25, 0.3) is 11.5 Å². The van der Waals surface area contributed by atoms with Crippen LogP contribution < -0.4 is 10.9 Å². The molecule has 0 saturated carbocycles. The molecule has 1 heterocycles. The highest BCUT2D eigenvalue weighted by molar-refractivity contribution is 6.31. The molecule has 1 aromatic heterocycles. The zero-order valence-electron chi connectivity index (χ0n) is 14.0. The molecule has 4 nitrogen and oxygen atoms in total. The Bertz CT molecular complexity index is 1030. The van der Waals surface area contributed by atoms with Gasteiger partial charge >= 0.3 is 0 Å². The number of carbonyl (C=O) groups excluding carboxylic acids is 1. The summed E-state index contributed by atoms with van der Waals surface area (Å²) in [6.07, 6.45) is 0. The second-order valence-corrected chi connectivity index (χ2v) is 6.69. The fraction of sp³-hybridized carbons (Fsp3) is 0.100. The topological polar surface area (TPSA) is 51.1 Å². The predicted octanol–water partition coefficient (Wildman–Crippen LogP) is 4.38. The van der Waals surface area contributed by atoms with Crippen LogP contribution in [0.15, 0.2) is 65.5 Å². The molecule has 3 aromatic rings. The van der Waals surface area contributed by atoms with Crippen LogP contribution in [0.2, 0.25) is 10.0 Å². The molecule has 0 fully saturated rings. The van der Waals surface area contributed by atoms with Gasteiger partial charge in [0.05, 0.1) is 5.69 Å². The fourth-order valence-corrected chi connectivity index (χ4v) is 3.06. The third-order valence-corrected chi connectivity index (χ3v) is 4.40. The Morgan fingerprint density at radius 2 is 1.69 bits per heavy atom. The molecule has 0 radical (unpaired) electrons. The maximum Gasteiger partial charge on any atom is 0.268 e. The minimum absolute atomic E-state index is 0.0672. The van der Waals surface area contributed by atoms with E-state index >= 15 is 0 Å². The van der Waals surface area contributed by atoms with Crippen LogP contribution in [0, 0.1) is 6.92 Å². The van der Waals surface area contributed by atoms with E-state index in [1.54, 1.807) is 49.4 Å². The molecule has 3 rings (SSSR count). The van der Waals surface area contributed by atoms with Crippen LogP contribution in [0.4, 0.5) is 0 Å². The summed E-state index contributed by atoms with van der Waals surface area (Å²) in [5, 5.41) is 3.87. The number of rotatable bonds is 4. The van der Waals surface area contributed by atoms with Gasteiger partial charge in [0.1, 0.15) is 5.56 Å².